The highest BCUT2D eigenvalue weighted by molar-refractivity contribution is 7.89. The average molecular weight is 461 g/mol. The summed E-state index contributed by atoms with van der Waals surface area (Å²) >= 11 is 0. The van der Waals surface area contributed by atoms with Crippen molar-refractivity contribution < 1.29 is 23.4 Å². The molecule has 1 saturated heterocycles. The molecular formula is C20H24N6O5S. The lowest BCUT2D eigenvalue weighted by Crippen LogP contribution is -2.33. The van der Waals surface area contributed by atoms with E-state index in [9.17, 15) is 18.6 Å². The van der Waals surface area contributed by atoms with E-state index in [4.69, 9.17) is 9.88 Å². The van der Waals surface area contributed by atoms with Gasteiger partial charge >= 0.3 is 0 Å². The molecule has 2 aliphatic rings. The van der Waals surface area contributed by atoms with Crippen LogP contribution in [0.15, 0.2) is 36.9 Å². The Balaban J connectivity index is 1.40. The lowest BCUT2D eigenvalue weighted by atomic mass is 10.1. The fourth-order valence-corrected chi connectivity index (χ4v) is 5.05. The fourth-order valence-electron chi connectivity index (χ4n) is 4.49. The maximum Gasteiger partial charge on any atom is 0.209 e. The smallest absolute Gasteiger partial charge is 0.209 e. The summed E-state index contributed by atoms with van der Waals surface area (Å²) in [4.78, 5) is 13.1. The topological polar surface area (TPSA) is 165 Å². The molecule has 5 rings (SSSR count). The number of aryl methyl sites for hydroxylation is 1. The molecule has 1 aliphatic heterocycles. The van der Waals surface area contributed by atoms with Crippen LogP contribution in [-0.2, 0) is 21.2 Å². The maximum absolute atomic E-state index is 11.3. The standard InChI is InChI=1S/C20H24N6O5S/c21-32(29,30)8-7-14-16(27)17(28)20(31-14)26-10-24-15-18(22-9-23-19(15)26)25-13-6-5-11-3-1-2-4-12(11)13/h1-4,9-10,13-14,16-17,20,27-28H,5-8H2,(H2,21,29,30)(H,22,23,25)/t13-,14+,16+,17+,20+/m0/s1. The van der Waals surface area contributed by atoms with Gasteiger partial charge in [-0.2, -0.15) is 0 Å². The number of nitrogens with two attached hydrogens (primary N) is 1. The van der Waals surface area contributed by atoms with Crippen molar-refractivity contribution in [2.75, 3.05) is 11.1 Å². The third-order valence-electron chi connectivity index (χ3n) is 6.10. The van der Waals surface area contributed by atoms with Crippen LogP contribution in [0, 0.1) is 0 Å². The van der Waals surface area contributed by atoms with Crippen molar-refractivity contribution in [3.8, 4) is 0 Å². The maximum atomic E-state index is 11.3. The van der Waals surface area contributed by atoms with Crippen molar-refractivity contribution >= 4 is 27.0 Å². The summed E-state index contributed by atoms with van der Waals surface area (Å²) in [7, 11) is -3.72. The minimum absolute atomic E-state index is 0.0386. The average Bonchev–Trinajstić information content (AvgIpc) is 3.44. The Morgan fingerprint density at radius 2 is 2.00 bits per heavy atom. The van der Waals surface area contributed by atoms with E-state index in [2.05, 4.69) is 32.4 Å². The number of ether oxygens (including phenoxy) is 1. The molecule has 0 unspecified atom stereocenters. The third-order valence-corrected chi connectivity index (χ3v) is 6.91. The number of primary sulfonamides is 1. The van der Waals surface area contributed by atoms with Crippen molar-refractivity contribution in [2.24, 2.45) is 5.14 Å². The van der Waals surface area contributed by atoms with E-state index < -0.39 is 34.6 Å². The van der Waals surface area contributed by atoms with E-state index in [1.165, 1.54) is 28.3 Å². The molecule has 5 N–H and O–H groups in total. The van der Waals surface area contributed by atoms with Crippen LogP contribution in [-0.4, -0.2) is 62.2 Å². The second-order valence-electron chi connectivity index (χ2n) is 8.18. The molecule has 0 saturated carbocycles. The SMILES string of the molecule is NS(=O)(=O)CC[C@H]1O[C@@H](n2cnc3c(N[C@H]4CCc5ccccc54)ncnc32)[C@H](O)[C@@H]1O. The van der Waals surface area contributed by atoms with Gasteiger partial charge in [0.25, 0.3) is 0 Å². The first kappa shape index (κ1) is 21.2. The molecule has 0 amide bonds. The minimum atomic E-state index is -3.72. The zero-order chi connectivity index (χ0) is 22.5. The van der Waals surface area contributed by atoms with Crippen LogP contribution < -0.4 is 10.5 Å². The molecule has 0 spiro atoms. The van der Waals surface area contributed by atoms with E-state index in [1.807, 2.05) is 12.1 Å². The summed E-state index contributed by atoms with van der Waals surface area (Å²) in [6.07, 6.45) is 0.332. The number of aromatic nitrogens is 4. The van der Waals surface area contributed by atoms with Gasteiger partial charge in [-0.1, -0.05) is 24.3 Å². The van der Waals surface area contributed by atoms with Gasteiger partial charge < -0.3 is 20.3 Å². The van der Waals surface area contributed by atoms with Crippen molar-refractivity contribution in [3.05, 3.63) is 48.0 Å². The third kappa shape index (κ3) is 3.84. The lowest BCUT2D eigenvalue weighted by Gasteiger charge is -2.17. The van der Waals surface area contributed by atoms with Crippen LogP contribution >= 0.6 is 0 Å². The summed E-state index contributed by atoms with van der Waals surface area (Å²) in [5.74, 6) is 0.201. The van der Waals surface area contributed by atoms with Gasteiger partial charge in [-0.15, -0.1) is 0 Å². The van der Waals surface area contributed by atoms with Gasteiger partial charge in [0, 0.05) is 0 Å². The van der Waals surface area contributed by atoms with Gasteiger partial charge in [-0.25, -0.2) is 28.5 Å². The normalized spacial score (nSPS) is 27.7. The predicted octanol–water partition coefficient (Wildman–Crippen LogP) is 0.223. The summed E-state index contributed by atoms with van der Waals surface area (Å²) in [5, 5.41) is 29.4. The minimum Gasteiger partial charge on any atom is -0.388 e. The summed E-state index contributed by atoms with van der Waals surface area (Å²) in [6, 6.07) is 8.37. The molecule has 3 heterocycles. The van der Waals surface area contributed by atoms with Crippen LogP contribution in [0.25, 0.3) is 11.2 Å². The number of hydrogen-bond donors (Lipinski definition) is 4. The van der Waals surface area contributed by atoms with Gasteiger partial charge in [-0.3, -0.25) is 4.57 Å². The molecule has 3 aromatic rings. The van der Waals surface area contributed by atoms with E-state index in [0.29, 0.717) is 17.0 Å². The molecule has 0 bridgehead atoms. The van der Waals surface area contributed by atoms with E-state index in [1.54, 1.807) is 0 Å². The van der Waals surface area contributed by atoms with Crippen LogP contribution in [0.2, 0.25) is 0 Å². The highest BCUT2D eigenvalue weighted by Crippen LogP contribution is 2.36. The number of anilines is 1. The first-order valence-corrected chi connectivity index (χ1v) is 12.1. The first-order valence-electron chi connectivity index (χ1n) is 10.4. The number of benzene rings is 1. The van der Waals surface area contributed by atoms with Crippen molar-refractivity contribution in [3.63, 3.8) is 0 Å². The van der Waals surface area contributed by atoms with E-state index in [0.717, 1.165) is 12.8 Å². The number of imidazole rings is 1. The second kappa shape index (κ2) is 8.05. The van der Waals surface area contributed by atoms with E-state index in [-0.39, 0.29) is 18.2 Å². The Kier molecular flexibility index (Phi) is 5.34. The molecule has 1 fully saturated rings. The summed E-state index contributed by atoms with van der Waals surface area (Å²) in [6.45, 7) is 0. The van der Waals surface area contributed by atoms with Gasteiger partial charge in [-0.05, 0) is 30.4 Å². The monoisotopic (exact) mass is 460 g/mol. The quantitative estimate of drug-likeness (QED) is 0.402. The molecule has 170 valence electrons. The Bertz CT molecular complexity index is 1250. The molecule has 32 heavy (non-hydrogen) atoms. The number of nitrogens with one attached hydrogen (secondary N) is 1. The number of hydrogen-bond acceptors (Lipinski definition) is 9. The number of fused-ring (bicyclic) bond motifs is 2. The zero-order valence-electron chi connectivity index (χ0n) is 17.1. The van der Waals surface area contributed by atoms with Gasteiger partial charge in [0.05, 0.1) is 24.2 Å². The molecule has 1 aliphatic carbocycles. The van der Waals surface area contributed by atoms with Gasteiger partial charge in [0.2, 0.25) is 10.0 Å². The number of sulfonamides is 1. The molecule has 12 heteroatoms. The zero-order valence-corrected chi connectivity index (χ0v) is 17.9. The Morgan fingerprint density at radius 1 is 1.19 bits per heavy atom. The number of aliphatic hydroxyl groups is 2. The van der Waals surface area contributed by atoms with Crippen LogP contribution in [0.5, 0.6) is 0 Å². The van der Waals surface area contributed by atoms with Crippen LogP contribution in [0.3, 0.4) is 0 Å². The van der Waals surface area contributed by atoms with Gasteiger partial charge in [0.15, 0.2) is 23.2 Å². The Morgan fingerprint density at radius 3 is 2.81 bits per heavy atom. The van der Waals surface area contributed by atoms with Gasteiger partial charge in [0.1, 0.15) is 18.5 Å². The van der Waals surface area contributed by atoms with Crippen LogP contribution in [0.1, 0.15) is 36.2 Å². The largest absolute Gasteiger partial charge is 0.388 e. The predicted molar refractivity (Wildman–Crippen MR) is 115 cm³/mol. The summed E-state index contributed by atoms with van der Waals surface area (Å²) < 4.78 is 29.8. The molecule has 5 atom stereocenters. The Hall–Kier alpha value is -2.64. The lowest BCUT2D eigenvalue weighted by molar-refractivity contribution is -0.0353. The second-order valence-corrected chi connectivity index (χ2v) is 9.92. The number of aliphatic hydroxyl groups excluding tert-OH is 2. The van der Waals surface area contributed by atoms with E-state index >= 15 is 0 Å². The molecule has 2 aromatic heterocycles. The molecule has 1 aromatic carbocycles. The summed E-state index contributed by atoms with van der Waals surface area (Å²) in [5.41, 5.74) is 3.48. The van der Waals surface area contributed by atoms with Crippen molar-refractivity contribution in [1.82, 2.24) is 19.5 Å². The highest BCUT2D eigenvalue weighted by atomic mass is 32.2. The first-order chi connectivity index (χ1) is 15.3. The molecular weight excluding hydrogens is 436 g/mol. The van der Waals surface area contributed by atoms with Crippen molar-refractivity contribution in [2.45, 2.75) is 49.8 Å². The number of nitrogens with zero attached hydrogens (tertiary/aromatic N) is 4. The molecule has 0 radical (unpaired) electrons. The fraction of sp³-hybridized carbons (Fsp3) is 0.450. The highest BCUT2D eigenvalue weighted by Gasteiger charge is 2.44. The van der Waals surface area contributed by atoms with Crippen molar-refractivity contribution in [1.29, 1.82) is 0 Å². The number of rotatable bonds is 6. The van der Waals surface area contributed by atoms with Crippen LogP contribution in [0.4, 0.5) is 5.82 Å². The Labute approximate surface area is 184 Å². The molecule has 11 nitrogen and oxygen atoms in total.